The summed E-state index contributed by atoms with van der Waals surface area (Å²) in [6.45, 7) is 4.42. The predicted octanol–water partition coefficient (Wildman–Crippen LogP) is 2.70. The molecule has 0 spiro atoms. The molecule has 0 saturated heterocycles. The monoisotopic (exact) mass is 207 g/mol. The predicted molar refractivity (Wildman–Crippen MR) is 63.9 cm³/mol. The van der Waals surface area contributed by atoms with Gasteiger partial charge in [-0.2, -0.15) is 0 Å². The molecule has 1 aromatic carbocycles. The fourth-order valence-corrected chi connectivity index (χ4v) is 1.64. The third-order valence-corrected chi connectivity index (χ3v) is 2.52. The highest BCUT2D eigenvalue weighted by Gasteiger charge is 2.05. The van der Waals surface area contributed by atoms with Crippen LogP contribution < -0.4 is 5.73 Å². The van der Waals surface area contributed by atoms with Gasteiger partial charge in [0, 0.05) is 6.04 Å². The van der Waals surface area contributed by atoms with Crippen molar-refractivity contribution in [3.63, 3.8) is 0 Å². The van der Waals surface area contributed by atoms with Crippen molar-refractivity contribution in [3.05, 3.63) is 29.8 Å². The molecule has 2 heteroatoms. The lowest BCUT2D eigenvalue weighted by Gasteiger charge is -2.13. The zero-order valence-electron chi connectivity index (χ0n) is 9.61. The number of rotatable bonds is 5. The molecule has 84 valence electrons. The first-order valence-electron chi connectivity index (χ1n) is 5.61. The molecule has 1 rings (SSSR count). The number of hydrogen-bond donors (Lipinski definition) is 2. The van der Waals surface area contributed by atoms with E-state index in [9.17, 15) is 5.11 Å². The van der Waals surface area contributed by atoms with Gasteiger partial charge in [-0.3, -0.25) is 0 Å². The summed E-state index contributed by atoms with van der Waals surface area (Å²) in [5.41, 5.74) is 7.14. The highest BCUT2D eigenvalue weighted by Crippen LogP contribution is 2.14. The third kappa shape index (κ3) is 4.84. The average Bonchev–Trinajstić information content (AvgIpc) is 2.15. The molecule has 0 fully saturated rings. The minimum absolute atomic E-state index is 0.203. The first-order valence-corrected chi connectivity index (χ1v) is 5.61. The van der Waals surface area contributed by atoms with E-state index in [4.69, 9.17) is 5.73 Å². The van der Waals surface area contributed by atoms with Crippen molar-refractivity contribution in [3.8, 4) is 5.75 Å². The number of nitrogens with two attached hydrogens (primary N) is 1. The van der Waals surface area contributed by atoms with E-state index in [1.54, 1.807) is 12.1 Å². The van der Waals surface area contributed by atoms with Gasteiger partial charge >= 0.3 is 0 Å². The summed E-state index contributed by atoms with van der Waals surface area (Å²) in [5.74, 6) is 1.03. The van der Waals surface area contributed by atoms with Crippen LogP contribution in [0.25, 0.3) is 0 Å². The smallest absolute Gasteiger partial charge is 0.115 e. The number of aromatic hydroxyl groups is 1. The van der Waals surface area contributed by atoms with Crippen LogP contribution in [0, 0.1) is 5.92 Å². The van der Waals surface area contributed by atoms with Crippen molar-refractivity contribution in [1.82, 2.24) is 0 Å². The average molecular weight is 207 g/mol. The third-order valence-electron chi connectivity index (χ3n) is 2.52. The van der Waals surface area contributed by atoms with Gasteiger partial charge in [-0.05, 0) is 42.9 Å². The number of phenolic OH excluding ortho intramolecular Hbond substituents is 1. The zero-order chi connectivity index (χ0) is 11.3. The Morgan fingerprint density at radius 1 is 1.27 bits per heavy atom. The minimum atomic E-state index is 0.203. The largest absolute Gasteiger partial charge is 0.508 e. The van der Waals surface area contributed by atoms with Crippen LogP contribution in [-0.4, -0.2) is 11.1 Å². The van der Waals surface area contributed by atoms with Crippen LogP contribution in [0.15, 0.2) is 24.3 Å². The van der Waals surface area contributed by atoms with Gasteiger partial charge in [0.25, 0.3) is 0 Å². The first-order chi connectivity index (χ1) is 7.08. The lowest BCUT2D eigenvalue weighted by molar-refractivity contribution is 0.472. The molecule has 0 heterocycles. The summed E-state index contributed by atoms with van der Waals surface area (Å²) in [4.78, 5) is 0. The Balaban J connectivity index is 2.40. The van der Waals surface area contributed by atoms with E-state index in [-0.39, 0.29) is 6.04 Å². The standard InChI is InChI=1S/C13H21NO/c1-10(2)6-7-12(14)8-11-4-3-5-13(15)9-11/h3-5,9-10,12,15H,6-8,14H2,1-2H3. The van der Waals surface area contributed by atoms with Crippen molar-refractivity contribution in [1.29, 1.82) is 0 Å². The molecule has 0 aliphatic rings. The maximum absolute atomic E-state index is 9.30. The van der Waals surface area contributed by atoms with Crippen LogP contribution in [0.1, 0.15) is 32.3 Å². The summed E-state index contributed by atoms with van der Waals surface area (Å²) < 4.78 is 0. The van der Waals surface area contributed by atoms with Gasteiger partial charge in [0.15, 0.2) is 0 Å². The summed E-state index contributed by atoms with van der Waals surface area (Å²) in [7, 11) is 0. The number of phenols is 1. The summed E-state index contributed by atoms with van der Waals surface area (Å²) in [5, 5.41) is 9.30. The second kappa shape index (κ2) is 5.76. The molecule has 1 aromatic rings. The van der Waals surface area contributed by atoms with E-state index < -0.39 is 0 Å². The van der Waals surface area contributed by atoms with Gasteiger partial charge in [-0.1, -0.05) is 26.0 Å². The van der Waals surface area contributed by atoms with Crippen molar-refractivity contribution in [2.24, 2.45) is 11.7 Å². The molecule has 3 N–H and O–H groups in total. The normalized spacial score (nSPS) is 13.1. The Morgan fingerprint density at radius 2 is 2.00 bits per heavy atom. The molecule has 15 heavy (non-hydrogen) atoms. The molecule has 1 unspecified atom stereocenters. The summed E-state index contributed by atoms with van der Waals surface area (Å²) in [6, 6.07) is 7.54. The maximum atomic E-state index is 9.30. The molecule has 0 amide bonds. The minimum Gasteiger partial charge on any atom is -0.508 e. The lowest BCUT2D eigenvalue weighted by atomic mass is 9.98. The Kier molecular flexibility index (Phi) is 4.63. The van der Waals surface area contributed by atoms with E-state index in [1.165, 1.54) is 6.42 Å². The summed E-state index contributed by atoms with van der Waals surface area (Å²) in [6.07, 6.45) is 3.06. The molecule has 0 bridgehead atoms. The van der Waals surface area contributed by atoms with Gasteiger partial charge in [0.2, 0.25) is 0 Å². The second-order valence-electron chi connectivity index (χ2n) is 4.61. The van der Waals surface area contributed by atoms with Gasteiger partial charge in [-0.25, -0.2) is 0 Å². The van der Waals surface area contributed by atoms with E-state index in [0.717, 1.165) is 18.4 Å². The zero-order valence-corrected chi connectivity index (χ0v) is 9.61. The maximum Gasteiger partial charge on any atom is 0.115 e. The Morgan fingerprint density at radius 3 is 2.60 bits per heavy atom. The molecular formula is C13H21NO. The summed E-state index contributed by atoms with van der Waals surface area (Å²) >= 11 is 0. The van der Waals surface area contributed by atoms with E-state index in [2.05, 4.69) is 13.8 Å². The molecule has 0 aliphatic heterocycles. The number of hydrogen-bond acceptors (Lipinski definition) is 2. The SMILES string of the molecule is CC(C)CCC(N)Cc1cccc(O)c1. The van der Waals surface area contributed by atoms with Crippen molar-refractivity contribution >= 4 is 0 Å². The van der Waals surface area contributed by atoms with Gasteiger partial charge < -0.3 is 10.8 Å². The number of benzene rings is 1. The molecule has 0 saturated carbocycles. The quantitative estimate of drug-likeness (QED) is 0.779. The van der Waals surface area contributed by atoms with Crippen LogP contribution in [0.2, 0.25) is 0 Å². The van der Waals surface area contributed by atoms with Crippen LogP contribution in [-0.2, 0) is 6.42 Å². The molecule has 1 atom stereocenters. The molecule has 0 radical (unpaired) electrons. The van der Waals surface area contributed by atoms with Crippen LogP contribution in [0.5, 0.6) is 5.75 Å². The molecule has 0 aliphatic carbocycles. The van der Waals surface area contributed by atoms with Gasteiger partial charge in [0.05, 0.1) is 0 Å². The highest BCUT2D eigenvalue weighted by atomic mass is 16.3. The van der Waals surface area contributed by atoms with Crippen LogP contribution in [0.3, 0.4) is 0 Å². The Bertz CT molecular complexity index is 296. The Labute approximate surface area is 92.1 Å². The van der Waals surface area contributed by atoms with Gasteiger partial charge in [0.1, 0.15) is 5.75 Å². The highest BCUT2D eigenvalue weighted by molar-refractivity contribution is 5.27. The second-order valence-corrected chi connectivity index (χ2v) is 4.61. The van der Waals surface area contributed by atoms with E-state index in [0.29, 0.717) is 11.7 Å². The van der Waals surface area contributed by atoms with Crippen molar-refractivity contribution < 1.29 is 5.11 Å². The van der Waals surface area contributed by atoms with E-state index >= 15 is 0 Å². The van der Waals surface area contributed by atoms with Crippen molar-refractivity contribution in [2.75, 3.05) is 0 Å². The van der Waals surface area contributed by atoms with Gasteiger partial charge in [-0.15, -0.1) is 0 Å². The first kappa shape index (κ1) is 12.1. The van der Waals surface area contributed by atoms with Crippen LogP contribution >= 0.6 is 0 Å². The molecule has 0 aromatic heterocycles. The molecular weight excluding hydrogens is 186 g/mol. The van der Waals surface area contributed by atoms with Crippen molar-refractivity contribution in [2.45, 2.75) is 39.2 Å². The fourth-order valence-electron chi connectivity index (χ4n) is 1.64. The molecule has 2 nitrogen and oxygen atoms in total. The Hall–Kier alpha value is -1.02. The lowest BCUT2D eigenvalue weighted by Crippen LogP contribution is -2.23. The topological polar surface area (TPSA) is 46.2 Å². The van der Waals surface area contributed by atoms with E-state index in [1.807, 2.05) is 12.1 Å². The van der Waals surface area contributed by atoms with Crippen LogP contribution in [0.4, 0.5) is 0 Å². The fraction of sp³-hybridized carbons (Fsp3) is 0.538.